The van der Waals surface area contributed by atoms with E-state index < -0.39 is 0 Å². The lowest BCUT2D eigenvalue weighted by molar-refractivity contribution is 0.242. The summed E-state index contributed by atoms with van der Waals surface area (Å²) in [6.07, 6.45) is 4.24. The van der Waals surface area contributed by atoms with Crippen molar-refractivity contribution in [3.8, 4) is 0 Å². The van der Waals surface area contributed by atoms with Crippen molar-refractivity contribution in [2.45, 2.75) is 46.1 Å². The highest BCUT2D eigenvalue weighted by atomic mass is 15.2. The van der Waals surface area contributed by atoms with Gasteiger partial charge in [-0.3, -0.25) is 0 Å². The molecule has 0 bridgehead atoms. The van der Waals surface area contributed by atoms with Crippen LogP contribution in [0.1, 0.15) is 40.0 Å². The molecule has 2 unspecified atom stereocenters. The molecule has 2 atom stereocenters. The van der Waals surface area contributed by atoms with E-state index >= 15 is 0 Å². The van der Waals surface area contributed by atoms with Crippen LogP contribution in [0.2, 0.25) is 0 Å². The van der Waals surface area contributed by atoms with E-state index in [1.165, 1.54) is 45.4 Å². The van der Waals surface area contributed by atoms with Crippen LogP contribution in [0.15, 0.2) is 0 Å². The second kappa shape index (κ2) is 5.50. The Balaban J connectivity index is 1.62. The summed E-state index contributed by atoms with van der Waals surface area (Å²) in [5.41, 5.74) is 0. The van der Waals surface area contributed by atoms with Crippen LogP contribution >= 0.6 is 0 Å². The van der Waals surface area contributed by atoms with Gasteiger partial charge in [0.25, 0.3) is 0 Å². The van der Waals surface area contributed by atoms with Gasteiger partial charge in [0.1, 0.15) is 0 Å². The van der Waals surface area contributed by atoms with Crippen molar-refractivity contribution >= 4 is 0 Å². The summed E-state index contributed by atoms with van der Waals surface area (Å²) in [5, 5.41) is 3.67. The monoisotopic (exact) mass is 224 g/mol. The Morgan fingerprint density at radius 2 is 1.94 bits per heavy atom. The molecule has 94 valence electrons. The first kappa shape index (κ1) is 12.4. The average molecular weight is 224 g/mol. The van der Waals surface area contributed by atoms with E-state index in [4.69, 9.17) is 0 Å². The Hall–Kier alpha value is -0.0800. The van der Waals surface area contributed by atoms with Crippen LogP contribution in [0.4, 0.5) is 0 Å². The van der Waals surface area contributed by atoms with Gasteiger partial charge in [-0.05, 0) is 50.1 Å². The molecule has 0 radical (unpaired) electrons. The summed E-state index contributed by atoms with van der Waals surface area (Å²) in [6, 6.07) is 0.878. The summed E-state index contributed by atoms with van der Waals surface area (Å²) in [6.45, 7) is 12.3. The molecule has 1 saturated heterocycles. The standard InChI is InChI=1S/C14H28N2/c1-11(2)12(3)9-16-7-6-13(10-16)8-15-14-4-5-14/h11-15H,4-10H2,1-3H3. The number of nitrogens with zero attached hydrogens (tertiary/aromatic N) is 1. The lowest BCUT2D eigenvalue weighted by Crippen LogP contribution is -2.31. The molecule has 0 aromatic rings. The zero-order valence-electron chi connectivity index (χ0n) is 11.2. The van der Waals surface area contributed by atoms with Crippen LogP contribution in [-0.4, -0.2) is 37.1 Å². The summed E-state index contributed by atoms with van der Waals surface area (Å²) >= 11 is 0. The predicted molar refractivity (Wildman–Crippen MR) is 69.6 cm³/mol. The van der Waals surface area contributed by atoms with Crippen molar-refractivity contribution in [3.05, 3.63) is 0 Å². The maximum atomic E-state index is 3.67. The highest BCUT2D eigenvalue weighted by molar-refractivity contribution is 4.85. The van der Waals surface area contributed by atoms with Gasteiger partial charge in [0.15, 0.2) is 0 Å². The molecule has 2 rings (SSSR count). The number of likely N-dealkylation sites (tertiary alicyclic amines) is 1. The smallest absolute Gasteiger partial charge is 0.00683 e. The Bertz CT molecular complexity index is 211. The average Bonchev–Trinajstić information content (AvgIpc) is 2.97. The highest BCUT2D eigenvalue weighted by Gasteiger charge is 2.26. The van der Waals surface area contributed by atoms with E-state index in [2.05, 4.69) is 31.0 Å². The van der Waals surface area contributed by atoms with Gasteiger partial charge in [0.05, 0.1) is 0 Å². The molecular formula is C14H28N2. The fourth-order valence-corrected chi connectivity index (χ4v) is 2.48. The molecule has 2 aliphatic rings. The minimum atomic E-state index is 0.823. The van der Waals surface area contributed by atoms with Crippen LogP contribution in [0.3, 0.4) is 0 Å². The van der Waals surface area contributed by atoms with Crippen molar-refractivity contribution < 1.29 is 0 Å². The molecule has 1 aliphatic heterocycles. The molecular weight excluding hydrogens is 196 g/mol. The molecule has 0 aromatic carbocycles. The van der Waals surface area contributed by atoms with Gasteiger partial charge >= 0.3 is 0 Å². The maximum Gasteiger partial charge on any atom is 0.00683 e. The quantitative estimate of drug-likeness (QED) is 0.745. The molecule has 0 spiro atoms. The number of hydrogen-bond acceptors (Lipinski definition) is 2. The minimum Gasteiger partial charge on any atom is -0.314 e. The third-order valence-electron chi connectivity index (χ3n) is 4.33. The first-order valence-electron chi connectivity index (χ1n) is 7.11. The van der Waals surface area contributed by atoms with Crippen LogP contribution in [0.5, 0.6) is 0 Å². The van der Waals surface area contributed by atoms with Gasteiger partial charge in [-0.2, -0.15) is 0 Å². The molecule has 1 aliphatic carbocycles. The van der Waals surface area contributed by atoms with Crippen molar-refractivity contribution in [1.29, 1.82) is 0 Å². The zero-order chi connectivity index (χ0) is 11.5. The molecule has 1 heterocycles. The summed E-state index contributed by atoms with van der Waals surface area (Å²) < 4.78 is 0. The molecule has 2 heteroatoms. The summed E-state index contributed by atoms with van der Waals surface area (Å²) in [7, 11) is 0. The lowest BCUT2D eigenvalue weighted by Gasteiger charge is -2.23. The van der Waals surface area contributed by atoms with Crippen molar-refractivity contribution in [2.75, 3.05) is 26.2 Å². The van der Waals surface area contributed by atoms with Crippen molar-refractivity contribution in [3.63, 3.8) is 0 Å². The second-order valence-electron chi connectivity index (χ2n) is 6.32. The molecule has 0 amide bonds. The van der Waals surface area contributed by atoms with Gasteiger partial charge < -0.3 is 10.2 Å². The fraction of sp³-hybridized carbons (Fsp3) is 1.00. The Morgan fingerprint density at radius 3 is 2.56 bits per heavy atom. The SMILES string of the molecule is CC(C)C(C)CN1CCC(CNC2CC2)C1. The van der Waals surface area contributed by atoms with Crippen molar-refractivity contribution in [2.24, 2.45) is 17.8 Å². The molecule has 16 heavy (non-hydrogen) atoms. The van der Waals surface area contributed by atoms with Gasteiger partial charge in [-0.25, -0.2) is 0 Å². The van der Waals surface area contributed by atoms with Crippen LogP contribution in [0, 0.1) is 17.8 Å². The van der Waals surface area contributed by atoms with Gasteiger partial charge in [-0.15, -0.1) is 0 Å². The normalized spacial score (nSPS) is 28.9. The topological polar surface area (TPSA) is 15.3 Å². The largest absolute Gasteiger partial charge is 0.314 e. The van der Waals surface area contributed by atoms with Crippen LogP contribution in [0.25, 0.3) is 0 Å². The molecule has 2 fully saturated rings. The van der Waals surface area contributed by atoms with E-state index in [1.54, 1.807) is 0 Å². The van der Waals surface area contributed by atoms with E-state index in [-0.39, 0.29) is 0 Å². The first-order valence-corrected chi connectivity index (χ1v) is 7.11. The van der Waals surface area contributed by atoms with E-state index in [1.807, 2.05) is 0 Å². The van der Waals surface area contributed by atoms with E-state index in [0.29, 0.717) is 0 Å². The van der Waals surface area contributed by atoms with E-state index in [9.17, 15) is 0 Å². The first-order chi connectivity index (χ1) is 7.65. The van der Waals surface area contributed by atoms with Gasteiger partial charge in [-0.1, -0.05) is 20.8 Å². The summed E-state index contributed by atoms with van der Waals surface area (Å²) in [4.78, 5) is 2.67. The molecule has 2 nitrogen and oxygen atoms in total. The predicted octanol–water partition coefficient (Wildman–Crippen LogP) is 2.35. The Morgan fingerprint density at radius 1 is 1.19 bits per heavy atom. The number of hydrogen-bond donors (Lipinski definition) is 1. The van der Waals surface area contributed by atoms with Crippen molar-refractivity contribution in [1.82, 2.24) is 10.2 Å². The van der Waals surface area contributed by atoms with Gasteiger partial charge in [0.2, 0.25) is 0 Å². The number of rotatable bonds is 6. The Labute approximate surface area is 101 Å². The summed E-state index contributed by atoms with van der Waals surface area (Å²) in [5.74, 6) is 2.58. The molecule has 1 saturated carbocycles. The molecule has 1 N–H and O–H groups in total. The lowest BCUT2D eigenvalue weighted by atomic mass is 9.98. The highest BCUT2D eigenvalue weighted by Crippen LogP contribution is 2.22. The van der Waals surface area contributed by atoms with E-state index in [0.717, 1.165) is 23.8 Å². The molecule has 0 aromatic heterocycles. The zero-order valence-corrected chi connectivity index (χ0v) is 11.2. The van der Waals surface area contributed by atoms with Crippen LogP contribution < -0.4 is 5.32 Å². The second-order valence-corrected chi connectivity index (χ2v) is 6.32. The third-order valence-corrected chi connectivity index (χ3v) is 4.33. The fourth-order valence-electron chi connectivity index (χ4n) is 2.48. The maximum absolute atomic E-state index is 3.67. The van der Waals surface area contributed by atoms with Gasteiger partial charge in [0, 0.05) is 19.1 Å². The van der Waals surface area contributed by atoms with Crippen LogP contribution in [-0.2, 0) is 0 Å². The number of nitrogens with one attached hydrogen (secondary N) is 1. The minimum absolute atomic E-state index is 0.823. The third kappa shape index (κ3) is 3.74. The Kier molecular flexibility index (Phi) is 4.26.